The summed E-state index contributed by atoms with van der Waals surface area (Å²) < 4.78 is 24.5. The van der Waals surface area contributed by atoms with Crippen molar-refractivity contribution in [1.82, 2.24) is 5.32 Å². The minimum absolute atomic E-state index is 0.109. The molecule has 1 saturated carbocycles. The third kappa shape index (κ3) is 4.52. The maximum Gasteiger partial charge on any atom is 0.251 e. The quantitative estimate of drug-likeness (QED) is 0.872. The fourth-order valence-electron chi connectivity index (χ4n) is 2.46. The summed E-state index contributed by atoms with van der Waals surface area (Å²) >= 11 is 0. The lowest BCUT2D eigenvalue weighted by molar-refractivity contribution is 0.0947. The molecule has 1 amide bonds. The Morgan fingerprint density at radius 3 is 2.35 bits per heavy atom. The molecule has 1 fully saturated rings. The number of benzene rings is 1. The molecular formula is C14H20N2O3S. The van der Waals surface area contributed by atoms with Crippen molar-refractivity contribution in [3.63, 3.8) is 0 Å². The van der Waals surface area contributed by atoms with Gasteiger partial charge in [-0.2, -0.15) is 0 Å². The molecule has 0 saturated heterocycles. The second-order valence-electron chi connectivity index (χ2n) is 5.31. The highest BCUT2D eigenvalue weighted by atomic mass is 32.2. The van der Waals surface area contributed by atoms with Gasteiger partial charge in [0.25, 0.3) is 5.91 Å². The number of hydrogen-bond donors (Lipinski definition) is 2. The summed E-state index contributed by atoms with van der Waals surface area (Å²) in [6, 6.07) is 6.42. The predicted molar refractivity (Wildman–Crippen MR) is 79.2 cm³/mol. The fraction of sp³-hybridized carbons (Fsp3) is 0.500. The van der Waals surface area contributed by atoms with Gasteiger partial charge in [-0.05, 0) is 43.0 Å². The van der Waals surface area contributed by atoms with Crippen LogP contribution in [-0.2, 0) is 10.0 Å². The number of anilines is 1. The van der Waals surface area contributed by atoms with E-state index in [1.165, 1.54) is 25.7 Å². The van der Waals surface area contributed by atoms with E-state index in [4.69, 9.17) is 0 Å². The number of sulfonamides is 1. The summed E-state index contributed by atoms with van der Waals surface area (Å²) in [5.41, 5.74) is 1.00. The zero-order valence-corrected chi connectivity index (χ0v) is 12.4. The molecule has 2 N–H and O–H groups in total. The SMILES string of the molecule is CS(=O)(=O)Nc1ccc(C(=O)NCC2CCCC2)cc1. The predicted octanol–water partition coefficient (Wildman–Crippen LogP) is 1.98. The lowest BCUT2D eigenvalue weighted by Crippen LogP contribution is -2.28. The average Bonchev–Trinajstić information content (AvgIpc) is 2.88. The molecular weight excluding hydrogens is 276 g/mol. The molecule has 0 aromatic heterocycles. The average molecular weight is 296 g/mol. The van der Waals surface area contributed by atoms with E-state index in [9.17, 15) is 13.2 Å². The van der Waals surface area contributed by atoms with Crippen LogP contribution in [0.25, 0.3) is 0 Å². The van der Waals surface area contributed by atoms with Gasteiger partial charge in [0.2, 0.25) is 10.0 Å². The standard InChI is InChI=1S/C14H20N2O3S/c1-20(18,19)16-13-8-6-12(7-9-13)14(17)15-10-11-4-2-3-5-11/h6-9,11,16H,2-5,10H2,1H3,(H,15,17). The van der Waals surface area contributed by atoms with Gasteiger partial charge in [-0.1, -0.05) is 12.8 Å². The van der Waals surface area contributed by atoms with Gasteiger partial charge >= 0.3 is 0 Å². The molecule has 2 rings (SSSR count). The largest absolute Gasteiger partial charge is 0.352 e. The Kier molecular flexibility index (Phi) is 4.65. The van der Waals surface area contributed by atoms with E-state index in [2.05, 4.69) is 10.0 Å². The van der Waals surface area contributed by atoms with Crippen molar-refractivity contribution in [2.45, 2.75) is 25.7 Å². The van der Waals surface area contributed by atoms with Crippen LogP contribution in [0.2, 0.25) is 0 Å². The van der Waals surface area contributed by atoms with Crippen LogP contribution < -0.4 is 10.0 Å². The number of rotatable bonds is 5. The molecule has 1 aromatic rings. The van der Waals surface area contributed by atoms with Crippen molar-refractivity contribution >= 4 is 21.6 Å². The van der Waals surface area contributed by atoms with Gasteiger partial charge in [0.1, 0.15) is 0 Å². The van der Waals surface area contributed by atoms with Crippen molar-refractivity contribution < 1.29 is 13.2 Å². The van der Waals surface area contributed by atoms with Crippen molar-refractivity contribution in [1.29, 1.82) is 0 Å². The first kappa shape index (κ1) is 14.8. The Morgan fingerprint density at radius 2 is 1.80 bits per heavy atom. The highest BCUT2D eigenvalue weighted by Crippen LogP contribution is 2.23. The molecule has 1 aliphatic carbocycles. The van der Waals surface area contributed by atoms with Gasteiger partial charge < -0.3 is 5.32 Å². The van der Waals surface area contributed by atoms with Crippen LogP contribution in [0.4, 0.5) is 5.69 Å². The van der Waals surface area contributed by atoms with Crippen molar-refractivity contribution in [2.24, 2.45) is 5.92 Å². The molecule has 0 radical (unpaired) electrons. The van der Waals surface area contributed by atoms with Crippen molar-refractivity contribution in [3.8, 4) is 0 Å². The first-order chi connectivity index (χ1) is 9.44. The van der Waals surface area contributed by atoms with Crippen LogP contribution in [-0.4, -0.2) is 27.1 Å². The molecule has 6 heteroatoms. The number of carbonyl (C=O) groups excluding carboxylic acids is 1. The summed E-state index contributed by atoms with van der Waals surface area (Å²) in [5, 5.41) is 2.93. The summed E-state index contributed by atoms with van der Waals surface area (Å²) in [7, 11) is -3.28. The van der Waals surface area contributed by atoms with Crippen molar-refractivity contribution in [2.75, 3.05) is 17.5 Å². The van der Waals surface area contributed by atoms with Crippen LogP contribution in [0.15, 0.2) is 24.3 Å². The topological polar surface area (TPSA) is 75.3 Å². The molecule has 0 atom stereocenters. The Bertz CT molecular complexity index is 561. The van der Waals surface area contributed by atoms with Gasteiger partial charge in [-0.15, -0.1) is 0 Å². The van der Waals surface area contributed by atoms with Gasteiger partial charge in [0.15, 0.2) is 0 Å². The first-order valence-corrected chi connectivity index (χ1v) is 8.69. The van der Waals surface area contributed by atoms with E-state index < -0.39 is 10.0 Å². The normalized spacial score (nSPS) is 16.1. The van der Waals surface area contributed by atoms with Gasteiger partial charge in [-0.25, -0.2) is 8.42 Å². The van der Waals surface area contributed by atoms with E-state index in [0.717, 1.165) is 12.8 Å². The van der Waals surface area contributed by atoms with Crippen LogP contribution in [0.3, 0.4) is 0 Å². The van der Waals surface area contributed by atoms with E-state index >= 15 is 0 Å². The fourth-order valence-corrected chi connectivity index (χ4v) is 3.02. The number of carbonyl (C=O) groups is 1. The van der Waals surface area contributed by atoms with E-state index in [1.807, 2.05) is 0 Å². The van der Waals surface area contributed by atoms with Gasteiger partial charge in [0, 0.05) is 17.8 Å². The minimum atomic E-state index is -3.28. The summed E-state index contributed by atoms with van der Waals surface area (Å²) in [4.78, 5) is 11.9. The number of hydrogen-bond acceptors (Lipinski definition) is 3. The van der Waals surface area contributed by atoms with Crippen LogP contribution in [0.1, 0.15) is 36.0 Å². The number of nitrogens with one attached hydrogen (secondary N) is 2. The molecule has 0 bridgehead atoms. The summed E-state index contributed by atoms with van der Waals surface area (Å²) in [6.45, 7) is 0.724. The maximum atomic E-state index is 11.9. The second kappa shape index (κ2) is 6.26. The smallest absolute Gasteiger partial charge is 0.251 e. The van der Waals surface area contributed by atoms with Gasteiger partial charge in [0.05, 0.1) is 6.26 Å². The van der Waals surface area contributed by atoms with Crippen LogP contribution >= 0.6 is 0 Å². The number of amides is 1. The Hall–Kier alpha value is -1.56. The molecule has 1 aromatic carbocycles. The third-order valence-corrected chi connectivity index (χ3v) is 4.08. The van der Waals surface area contributed by atoms with E-state index in [1.54, 1.807) is 24.3 Å². The first-order valence-electron chi connectivity index (χ1n) is 6.80. The van der Waals surface area contributed by atoms with E-state index in [0.29, 0.717) is 17.2 Å². The Morgan fingerprint density at radius 1 is 1.20 bits per heavy atom. The summed E-state index contributed by atoms with van der Waals surface area (Å²) in [5.74, 6) is 0.493. The second-order valence-corrected chi connectivity index (χ2v) is 7.06. The molecule has 110 valence electrons. The molecule has 0 aliphatic heterocycles. The van der Waals surface area contributed by atoms with Crippen LogP contribution in [0.5, 0.6) is 0 Å². The maximum absolute atomic E-state index is 11.9. The highest BCUT2D eigenvalue weighted by molar-refractivity contribution is 7.92. The van der Waals surface area contributed by atoms with Crippen molar-refractivity contribution in [3.05, 3.63) is 29.8 Å². The highest BCUT2D eigenvalue weighted by Gasteiger charge is 2.16. The molecule has 5 nitrogen and oxygen atoms in total. The molecule has 1 aliphatic rings. The monoisotopic (exact) mass is 296 g/mol. The van der Waals surface area contributed by atoms with Crippen LogP contribution in [0, 0.1) is 5.92 Å². The molecule has 0 unspecified atom stereocenters. The minimum Gasteiger partial charge on any atom is -0.352 e. The lowest BCUT2D eigenvalue weighted by atomic mass is 10.1. The third-order valence-electron chi connectivity index (χ3n) is 3.48. The zero-order chi connectivity index (χ0) is 14.6. The molecule has 0 spiro atoms. The Balaban J connectivity index is 1.90. The summed E-state index contributed by atoms with van der Waals surface area (Å²) in [6.07, 6.45) is 5.99. The molecule has 20 heavy (non-hydrogen) atoms. The van der Waals surface area contributed by atoms with E-state index in [-0.39, 0.29) is 5.91 Å². The molecule has 0 heterocycles. The van der Waals surface area contributed by atoms with Gasteiger partial charge in [-0.3, -0.25) is 9.52 Å². The zero-order valence-electron chi connectivity index (χ0n) is 11.6. The Labute approximate surface area is 119 Å². The lowest BCUT2D eigenvalue weighted by Gasteiger charge is -2.11.